The van der Waals surface area contributed by atoms with Crippen LogP contribution >= 0.6 is 0 Å². The van der Waals surface area contributed by atoms with Crippen molar-refractivity contribution >= 4 is 5.91 Å². The van der Waals surface area contributed by atoms with Gasteiger partial charge in [0.15, 0.2) is 0 Å². The van der Waals surface area contributed by atoms with Crippen LogP contribution in [0.3, 0.4) is 0 Å². The van der Waals surface area contributed by atoms with Crippen LogP contribution in [0, 0.1) is 0 Å². The first-order valence-electron chi connectivity index (χ1n) is 6.32. The normalized spacial score (nSPS) is 10.5. The van der Waals surface area contributed by atoms with Crippen LogP contribution in [0.25, 0.3) is 0 Å². The molecule has 0 spiro atoms. The van der Waals surface area contributed by atoms with Crippen molar-refractivity contribution in [3.05, 3.63) is 53.9 Å². The van der Waals surface area contributed by atoms with Gasteiger partial charge in [0, 0.05) is 24.5 Å². The molecule has 0 saturated carbocycles. The van der Waals surface area contributed by atoms with Gasteiger partial charge in [-0.15, -0.1) is 0 Å². The van der Waals surface area contributed by atoms with Crippen molar-refractivity contribution in [2.75, 3.05) is 0 Å². The van der Waals surface area contributed by atoms with Crippen LogP contribution in [0.15, 0.2) is 42.7 Å². The minimum Gasteiger partial charge on any atom is -0.491 e. The van der Waals surface area contributed by atoms with Crippen molar-refractivity contribution in [1.82, 2.24) is 10.3 Å². The molecule has 0 aliphatic rings. The summed E-state index contributed by atoms with van der Waals surface area (Å²) in [7, 11) is 0. The maximum Gasteiger partial charge on any atom is 0.251 e. The summed E-state index contributed by atoms with van der Waals surface area (Å²) in [6.45, 7) is 4.46. The summed E-state index contributed by atoms with van der Waals surface area (Å²) < 4.78 is 5.53. The third kappa shape index (κ3) is 3.88. The van der Waals surface area contributed by atoms with Crippen molar-refractivity contribution in [3.63, 3.8) is 0 Å². The van der Waals surface area contributed by atoms with Gasteiger partial charge < -0.3 is 15.0 Å². The second-order valence-electron chi connectivity index (χ2n) is 4.59. The molecule has 0 atom stereocenters. The van der Waals surface area contributed by atoms with Crippen molar-refractivity contribution in [1.29, 1.82) is 0 Å². The van der Waals surface area contributed by atoms with Crippen LogP contribution in [0.4, 0.5) is 0 Å². The number of rotatable bonds is 5. The molecule has 0 saturated heterocycles. The van der Waals surface area contributed by atoms with Crippen LogP contribution < -0.4 is 10.1 Å². The predicted molar refractivity (Wildman–Crippen MR) is 74.2 cm³/mol. The summed E-state index contributed by atoms with van der Waals surface area (Å²) in [5.41, 5.74) is 1.68. The molecule has 1 aromatic carbocycles. The first kappa shape index (κ1) is 13.2. The maximum atomic E-state index is 11.9. The summed E-state index contributed by atoms with van der Waals surface area (Å²) in [4.78, 5) is 14.9. The van der Waals surface area contributed by atoms with Crippen molar-refractivity contribution in [2.45, 2.75) is 26.5 Å². The third-order valence-corrected chi connectivity index (χ3v) is 2.60. The first-order valence-corrected chi connectivity index (χ1v) is 6.32. The molecule has 0 fully saturated rings. The minimum atomic E-state index is -0.0858. The Morgan fingerprint density at radius 2 is 2.00 bits per heavy atom. The average molecular weight is 258 g/mol. The van der Waals surface area contributed by atoms with Crippen LogP contribution in [0.5, 0.6) is 5.75 Å². The number of aromatic amines is 1. The Balaban J connectivity index is 1.92. The highest BCUT2D eigenvalue weighted by Crippen LogP contribution is 2.13. The molecule has 19 heavy (non-hydrogen) atoms. The Morgan fingerprint density at radius 3 is 2.58 bits per heavy atom. The number of ether oxygens (including phenoxy) is 1. The summed E-state index contributed by atoms with van der Waals surface area (Å²) in [6, 6.07) is 9.09. The predicted octanol–water partition coefficient (Wildman–Crippen LogP) is 2.73. The average Bonchev–Trinajstić information content (AvgIpc) is 2.89. The van der Waals surface area contributed by atoms with Crippen LogP contribution in [-0.2, 0) is 6.54 Å². The van der Waals surface area contributed by atoms with Crippen LogP contribution in [0.2, 0.25) is 0 Å². The Kier molecular flexibility index (Phi) is 4.23. The van der Waals surface area contributed by atoms with E-state index in [0.29, 0.717) is 12.1 Å². The number of benzene rings is 1. The Hall–Kier alpha value is -2.23. The zero-order valence-electron chi connectivity index (χ0n) is 11.1. The highest BCUT2D eigenvalue weighted by Gasteiger charge is 2.06. The van der Waals surface area contributed by atoms with Gasteiger partial charge >= 0.3 is 0 Å². The topological polar surface area (TPSA) is 54.1 Å². The zero-order chi connectivity index (χ0) is 13.7. The lowest BCUT2D eigenvalue weighted by Gasteiger charge is -2.10. The molecule has 100 valence electrons. The largest absolute Gasteiger partial charge is 0.491 e. The molecule has 0 aliphatic carbocycles. The Bertz CT molecular complexity index is 516. The molecule has 1 aromatic heterocycles. The van der Waals surface area contributed by atoms with E-state index in [1.807, 2.05) is 44.4 Å². The molecule has 0 radical (unpaired) electrons. The second kappa shape index (κ2) is 6.09. The zero-order valence-corrected chi connectivity index (χ0v) is 11.1. The fourth-order valence-electron chi connectivity index (χ4n) is 1.71. The van der Waals surface area contributed by atoms with Gasteiger partial charge in [0.2, 0.25) is 0 Å². The van der Waals surface area contributed by atoms with Gasteiger partial charge in [-0.3, -0.25) is 4.79 Å². The van der Waals surface area contributed by atoms with E-state index in [-0.39, 0.29) is 12.0 Å². The van der Waals surface area contributed by atoms with Gasteiger partial charge in [-0.25, -0.2) is 0 Å². The SMILES string of the molecule is CC(C)Oc1ccc(C(=O)NCc2cc[nH]c2)cc1. The monoisotopic (exact) mass is 258 g/mol. The van der Waals surface area contributed by atoms with Gasteiger partial charge in [0.05, 0.1) is 6.10 Å². The Labute approximate surface area is 112 Å². The van der Waals surface area contributed by atoms with Gasteiger partial charge in [-0.05, 0) is 49.7 Å². The number of hydrogen-bond acceptors (Lipinski definition) is 2. The maximum absolute atomic E-state index is 11.9. The lowest BCUT2D eigenvalue weighted by atomic mass is 10.2. The van der Waals surface area contributed by atoms with E-state index in [1.54, 1.807) is 12.1 Å². The molecule has 1 heterocycles. The van der Waals surface area contributed by atoms with Gasteiger partial charge in [0.1, 0.15) is 5.75 Å². The van der Waals surface area contributed by atoms with Crippen molar-refractivity contribution in [2.24, 2.45) is 0 Å². The van der Waals surface area contributed by atoms with Crippen molar-refractivity contribution in [3.8, 4) is 5.75 Å². The van der Waals surface area contributed by atoms with Gasteiger partial charge in [-0.1, -0.05) is 0 Å². The number of nitrogens with one attached hydrogen (secondary N) is 2. The van der Waals surface area contributed by atoms with E-state index in [9.17, 15) is 4.79 Å². The molecule has 1 amide bonds. The van der Waals surface area contributed by atoms with E-state index >= 15 is 0 Å². The lowest BCUT2D eigenvalue weighted by molar-refractivity contribution is 0.0951. The summed E-state index contributed by atoms with van der Waals surface area (Å²) >= 11 is 0. The smallest absolute Gasteiger partial charge is 0.251 e. The highest BCUT2D eigenvalue weighted by molar-refractivity contribution is 5.94. The third-order valence-electron chi connectivity index (χ3n) is 2.60. The first-order chi connectivity index (χ1) is 9.15. The summed E-state index contributed by atoms with van der Waals surface area (Å²) in [6.07, 6.45) is 3.83. The summed E-state index contributed by atoms with van der Waals surface area (Å²) in [5.74, 6) is 0.689. The standard InChI is InChI=1S/C15H18N2O2/c1-11(2)19-14-5-3-13(4-6-14)15(18)17-10-12-7-8-16-9-12/h3-9,11,16H,10H2,1-2H3,(H,17,18). The number of hydrogen-bond donors (Lipinski definition) is 2. The molecule has 4 nitrogen and oxygen atoms in total. The minimum absolute atomic E-state index is 0.0858. The number of H-pyrrole nitrogens is 1. The number of carbonyl (C=O) groups excluding carboxylic acids is 1. The van der Waals surface area contributed by atoms with Crippen molar-refractivity contribution < 1.29 is 9.53 Å². The van der Waals surface area contributed by atoms with E-state index in [0.717, 1.165) is 11.3 Å². The number of carbonyl (C=O) groups is 1. The van der Waals surface area contributed by atoms with Gasteiger partial charge in [-0.2, -0.15) is 0 Å². The number of amides is 1. The quantitative estimate of drug-likeness (QED) is 0.866. The van der Waals surface area contributed by atoms with Gasteiger partial charge in [0.25, 0.3) is 5.91 Å². The second-order valence-corrected chi connectivity index (χ2v) is 4.59. The molecular weight excluding hydrogens is 240 g/mol. The molecule has 0 aliphatic heterocycles. The molecule has 2 N–H and O–H groups in total. The Morgan fingerprint density at radius 1 is 1.26 bits per heavy atom. The van der Waals surface area contributed by atoms with E-state index in [2.05, 4.69) is 10.3 Å². The number of aromatic nitrogens is 1. The molecular formula is C15H18N2O2. The molecule has 2 rings (SSSR count). The van der Waals surface area contributed by atoms with E-state index in [1.165, 1.54) is 0 Å². The highest BCUT2D eigenvalue weighted by atomic mass is 16.5. The van der Waals surface area contributed by atoms with E-state index in [4.69, 9.17) is 4.74 Å². The molecule has 0 bridgehead atoms. The lowest BCUT2D eigenvalue weighted by Crippen LogP contribution is -2.22. The fourth-order valence-corrected chi connectivity index (χ4v) is 1.71. The molecule has 2 aromatic rings. The van der Waals surface area contributed by atoms with Crippen LogP contribution in [0.1, 0.15) is 29.8 Å². The summed E-state index contributed by atoms with van der Waals surface area (Å²) in [5, 5.41) is 2.86. The molecule has 0 unspecified atom stereocenters. The van der Waals surface area contributed by atoms with Crippen LogP contribution in [-0.4, -0.2) is 17.0 Å². The molecule has 4 heteroatoms. The fraction of sp³-hybridized carbons (Fsp3) is 0.267. The van der Waals surface area contributed by atoms with E-state index < -0.39 is 0 Å².